The van der Waals surface area contributed by atoms with E-state index in [1.807, 2.05) is 38.1 Å². The molecule has 1 heterocycles. The summed E-state index contributed by atoms with van der Waals surface area (Å²) in [5, 5.41) is 13.5. The number of benzene rings is 1. The maximum Gasteiger partial charge on any atom is 0.339 e. The molecule has 0 unspecified atom stereocenters. The van der Waals surface area contributed by atoms with E-state index >= 15 is 0 Å². The molecule has 1 N–H and O–H groups in total. The molecule has 5 heteroatoms. The van der Waals surface area contributed by atoms with Gasteiger partial charge in [-0.3, -0.25) is 4.68 Å². The molecule has 1 aromatic heterocycles. The van der Waals surface area contributed by atoms with E-state index in [1.54, 1.807) is 10.9 Å². The second-order valence-corrected chi connectivity index (χ2v) is 5.63. The minimum absolute atomic E-state index is 0.0947. The molecule has 0 saturated carbocycles. The molecule has 0 aliphatic heterocycles. The average Bonchev–Trinajstić information content (AvgIpc) is 2.76. The van der Waals surface area contributed by atoms with Gasteiger partial charge in [0.15, 0.2) is 0 Å². The highest BCUT2D eigenvalue weighted by Crippen LogP contribution is 2.18. The summed E-state index contributed by atoms with van der Waals surface area (Å²) in [6.07, 6.45) is 1.60. The Labute approximate surface area is 120 Å². The lowest BCUT2D eigenvalue weighted by Crippen LogP contribution is -2.02. The molecule has 2 aromatic rings. The first-order chi connectivity index (χ1) is 8.97. The fourth-order valence-electron chi connectivity index (χ4n) is 1.89. The zero-order chi connectivity index (χ0) is 14.0. The van der Waals surface area contributed by atoms with Crippen LogP contribution in [0, 0.1) is 0 Å². The van der Waals surface area contributed by atoms with Gasteiger partial charge in [0.25, 0.3) is 0 Å². The van der Waals surface area contributed by atoms with Gasteiger partial charge in [-0.15, -0.1) is 0 Å². The number of hydrogen-bond acceptors (Lipinski definition) is 2. The number of carboxylic acids is 1. The van der Waals surface area contributed by atoms with E-state index in [0.717, 1.165) is 10.0 Å². The van der Waals surface area contributed by atoms with Crippen molar-refractivity contribution in [2.75, 3.05) is 0 Å². The molecule has 1 aromatic carbocycles. The van der Waals surface area contributed by atoms with Crippen molar-refractivity contribution in [1.29, 1.82) is 0 Å². The third-order valence-corrected chi connectivity index (χ3v) is 3.35. The van der Waals surface area contributed by atoms with E-state index in [1.165, 1.54) is 0 Å². The van der Waals surface area contributed by atoms with Crippen LogP contribution in [0.1, 0.15) is 41.4 Å². The lowest BCUT2D eigenvalue weighted by atomic mass is 10.1. The van der Waals surface area contributed by atoms with Crippen LogP contribution in [-0.2, 0) is 6.54 Å². The van der Waals surface area contributed by atoms with Gasteiger partial charge >= 0.3 is 5.97 Å². The van der Waals surface area contributed by atoms with E-state index < -0.39 is 5.97 Å². The van der Waals surface area contributed by atoms with Crippen molar-refractivity contribution in [3.63, 3.8) is 0 Å². The SMILES string of the molecule is CC(C)c1nn(Cc2ccc(Br)cc2)cc1C(=O)O. The second-order valence-electron chi connectivity index (χ2n) is 4.71. The van der Waals surface area contributed by atoms with E-state index in [9.17, 15) is 9.90 Å². The van der Waals surface area contributed by atoms with Gasteiger partial charge in [0.05, 0.1) is 12.2 Å². The first-order valence-corrected chi connectivity index (χ1v) is 6.81. The lowest BCUT2D eigenvalue weighted by Gasteiger charge is -2.03. The van der Waals surface area contributed by atoms with Crippen LogP contribution < -0.4 is 0 Å². The molecule has 100 valence electrons. The molecule has 4 nitrogen and oxygen atoms in total. The Morgan fingerprint density at radius 1 is 1.37 bits per heavy atom. The fourth-order valence-corrected chi connectivity index (χ4v) is 2.15. The zero-order valence-electron chi connectivity index (χ0n) is 10.8. The molecule has 0 saturated heterocycles. The van der Waals surface area contributed by atoms with Gasteiger partial charge in [0.2, 0.25) is 0 Å². The highest BCUT2D eigenvalue weighted by molar-refractivity contribution is 9.10. The largest absolute Gasteiger partial charge is 0.478 e. The Kier molecular flexibility index (Phi) is 4.04. The predicted octanol–water partition coefficient (Wildman–Crippen LogP) is 3.52. The molecule has 0 spiro atoms. The van der Waals surface area contributed by atoms with Crippen LogP contribution in [0.15, 0.2) is 34.9 Å². The standard InChI is InChI=1S/C14H15BrN2O2/c1-9(2)13-12(14(18)19)8-17(16-13)7-10-3-5-11(15)6-4-10/h3-6,8-9H,7H2,1-2H3,(H,18,19). The zero-order valence-corrected chi connectivity index (χ0v) is 12.4. The number of hydrogen-bond donors (Lipinski definition) is 1. The summed E-state index contributed by atoms with van der Waals surface area (Å²) < 4.78 is 2.70. The van der Waals surface area contributed by atoms with Gasteiger partial charge < -0.3 is 5.11 Å². The first kappa shape index (κ1) is 13.8. The Balaban J connectivity index is 2.28. The third kappa shape index (κ3) is 3.23. The number of rotatable bonds is 4. The maximum absolute atomic E-state index is 11.2. The van der Waals surface area contributed by atoms with Crippen LogP contribution in [0.3, 0.4) is 0 Å². The summed E-state index contributed by atoms with van der Waals surface area (Å²) in [5.74, 6) is -0.831. The molecule has 0 radical (unpaired) electrons. The van der Waals surface area contributed by atoms with Crippen molar-refractivity contribution >= 4 is 21.9 Å². The van der Waals surface area contributed by atoms with E-state index in [2.05, 4.69) is 21.0 Å². The minimum atomic E-state index is -0.925. The minimum Gasteiger partial charge on any atom is -0.478 e. The summed E-state index contributed by atoms with van der Waals surface area (Å²) in [6.45, 7) is 4.46. The average molecular weight is 323 g/mol. The quantitative estimate of drug-likeness (QED) is 0.937. The summed E-state index contributed by atoms with van der Waals surface area (Å²) in [7, 11) is 0. The molecular weight excluding hydrogens is 308 g/mol. The van der Waals surface area contributed by atoms with Crippen LogP contribution in [-0.4, -0.2) is 20.9 Å². The number of nitrogens with zero attached hydrogens (tertiary/aromatic N) is 2. The Hall–Kier alpha value is -1.62. The Bertz CT molecular complexity index is 588. The molecule has 0 bridgehead atoms. The van der Waals surface area contributed by atoms with Gasteiger partial charge in [0, 0.05) is 10.7 Å². The van der Waals surface area contributed by atoms with E-state index in [0.29, 0.717) is 12.2 Å². The number of halogens is 1. The molecular formula is C14H15BrN2O2. The summed E-state index contributed by atoms with van der Waals surface area (Å²) in [4.78, 5) is 11.2. The van der Waals surface area contributed by atoms with Crippen molar-refractivity contribution in [3.05, 3.63) is 51.8 Å². The normalized spacial score (nSPS) is 10.9. The van der Waals surface area contributed by atoms with Crippen LogP contribution in [0.25, 0.3) is 0 Å². The number of carboxylic acid groups (broad SMARTS) is 1. The van der Waals surface area contributed by atoms with Gasteiger partial charge in [-0.2, -0.15) is 5.10 Å². The Morgan fingerprint density at radius 2 is 2.00 bits per heavy atom. The lowest BCUT2D eigenvalue weighted by molar-refractivity contribution is 0.0695. The topological polar surface area (TPSA) is 55.1 Å². The number of carbonyl (C=O) groups is 1. The second kappa shape index (κ2) is 5.57. The summed E-state index contributed by atoms with van der Waals surface area (Å²) in [6, 6.07) is 7.89. The predicted molar refractivity (Wildman–Crippen MR) is 76.5 cm³/mol. The molecule has 0 atom stereocenters. The molecule has 0 aliphatic carbocycles. The highest BCUT2D eigenvalue weighted by Gasteiger charge is 2.17. The van der Waals surface area contributed by atoms with Gasteiger partial charge in [-0.25, -0.2) is 4.79 Å². The van der Waals surface area contributed by atoms with E-state index in [-0.39, 0.29) is 11.5 Å². The molecule has 0 amide bonds. The molecule has 2 rings (SSSR count). The van der Waals surface area contributed by atoms with Gasteiger partial charge in [-0.1, -0.05) is 41.9 Å². The van der Waals surface area contributed by atoms with Crippen molar-refractivity contribution in [1.82, 2.24) is 9.78 Å². The van der Waals surface area contributed by atoms with Crippen molar-refractivity contribution in [2.45, 2.75) is 26.3 Å². The van der Waals surface area contributed by atoms with Crippen LogP contribution in [0.2, 0.25) is 0 Å². The first-order valence-electron chi connectivity index (χ1n) is 6.02. The highest BCUT2D eigenvalue weighted by atomic mass is 79.9. The summed E-state index contributed by atoms with van der Waals surface area (Å²) >= 11 is 3.38. The van der Waals surface area contributed by atoms with Crippen molar-refractivity contribution in [2.24, 2.45) is 0 Å². The molecule has 0 aliphatic rings. The third-order valence-electron chi connectivity index (χ3n) is 2.83. The van der Waals surface area contributed by atoms with E-state index in [4.69, 9.17) is 0 Å². The molecule has 0 fully saturated rings. The number of aromatic carboxylic acids is 1. The van der Waals surface area contributed by atoms with Crippen molar-refractivity contribution in [3.8, 4) is 0 Å². The monoisotopic (exact) mass is 322 g/mol. The fraction of sp³-hybridized carbons (Fsp3) is 0.286. The van der Waals surface area contributed by atoms with Crippen LogP contribution >= 0.6 is 15.9 Å². The Morgan fingerprint density at radius 3 is 2.47 bits per heavy atom. The van der Waals surface area contributed by atoms with Crippen LogP contribution in [0.5, 0.6) is 0 Å². The molecule has 19 heavy (non-hydrogen) atoms. The maximum atomic E-state index is 11.2. The summed E-state index contributed by atoms with van der Waals surface area (Å²) in [5.41, 5.74) is 2.00. The van der Waals surface area contributed by atoms with Gasteiger partial charge in [0.1, 0.15) is 5.56 Å². The van der Waals surface area contributed by atoms with Crippen molar-refractivity contribution < 1.29 is 9.90 Å². The van der Waals surface area contributed by atoms with Crippen LogP contribution in [0.4, 0.5) is 0 Å². The van der Waals surface area contributed by atoms with Gasteiger partial charge in [-0.05, 0) is 23.6 Å². The number of aromatic nitrogens is 2. The smallest absolute Gasteiger partial charge is 0.339 e.